The van der Waals surface area contributed by atoms with Crippen LogP contribution in [0.25, 0.3) is 11.3 Å². The Labute approximate surface area is 170 Å². The van der Waals surface area contributed by atoms with Crippen LogP contribution in [0.4, 0.5) is 0 Å². The molecule has 2 aromatic heterocycles. The first-order valence-corrected chi connectivity index (χ1v) is 10.2. The quantitative estimate of drug-likeness (QED) is 0.677. The molecule has 3 aromatic rings. The van der Waals surface area contributed by atoms with Crippen LogP contribution in [0.2, 0.25) is 0 Å². The van der Waals surface area contributed by atoms with Crippen LogP contribution >= 0.6 is 0 Å². The smallest absolute Gasteiger partial charge is 0.162 e. The minimum absolute atomic E-state index is 0.422. The zero-order valence-electron chi connectivity index (χ0n) is 16.9. The fourth-order valence-corrected chi connectivity index (χ4v) is 4.40. The van der Waals surface area contributed by atoms with Crippen molar-refractivity contribution >= 4 is 0 Å². The Bertz CT molecular complexity index is 1010. The standard InChI is InChI=1S/C21H26N6O2/c1-25-14-22-23-21(25)16-4-3-7-27(12-16)13-17-11-26(2)24-20(17)15-5-6-18-19(10-15)29-9-8-28-18/h5-6,10-11,14,16H,3-4,7-9,12-13H2,1-2H3/t16-/m1/s1. The van der Waals surface area contributed by atoms with E-state index in [2.05, 4.69) is 27.4 Å². The highest BCUT2D eigenvalue weighted by molar-refractivity contribution is 5.66. The average Bonchev–Trinajstić information content (AvgIpc) is 3.33. The molecule has 29 heavy (non-hydrogen) atoms. The first-order valence-electron chi connectivity index (χ1n) is 10.2. The number of likely N-dealkylation sites (tertiary alicyclic amines) is 1. The lowest BCUT2D eigenvalue weighted by molar-refractivity contribution is 0.171. The molecule has 0 unspecified atom stereocenters. The van der Waals surface area contributed by atoms with Crippen LogP contribution in [0.1, 0.15) is 30.1 Å². The maximum atomic E-state index is 5.76. The number of aromatic nitrogens is 5. The minimum atomic E-state index is 0.422. The normalized spacial score (nSPS) is 19.4. The second kappa shape index (κ2) is 7.51. The Morgan fingerprint density at radius 3 is 2.83 bits per heavy atom. The van der Waals surface area contributed by atoms with Gasteiger partial charge in [-0.3, -0.25) is 9.58 Å². The molecule has 152 valence electrons. The molecule has 0 spiro atoms. The van der Waals surface area contributed by atoms with Gasteiger partial charge in [0.25, 0.3) is 0 Å². The summed E-state index contributed by atoms with van der Waals surface area (Å²) in [6.45, 7) is 4.13. The zero-order chi connectivity index (χ0) is 19.8. The summed E-state index contributed by atoms with van der Waals surface area (Å²) in [5.41, 5.74) is 3.29. The highest BCUT2D eigenvalue weighted by Gasteiger charge is 2.26. The van der Waals surface area contributed by atoms with E-state index >= 15 is 0 Å². The molecule has 0 aliphatic carbocycles. The van der Waals surface area contributed by atoms with Crippen LogP contribution in [0.5, 0.6) is 11.5 Å². The Balaban J connectivity index is 1.38. The molecule has 0 saturated carbocycles. The van der Waals surface area contributed by atoms with Gasteiger partial charge in [-0.2, -0.15) is 5.10 Å². The van der Waals surface area contributed by atoms with Crippen molar-refractivity contribution in [3.63, 3.8) is 0 Å². The molecule has 0 amide bonds. The Hall–Kier alpha value is -2.87. The summed E-state index contributed by atoms with van der Waals surface area (Å²) in [6.07, 6.45) is 6.23. The summed E-state index contributed by atoms with van der Waals surface area (Å²) in [5, 5.41) is 13.1. The lowest BCUT2D eigenvalue weighted by Gasteiger charge is -2.32. The number of rotatable bonds is 4. The molecule has 4 heterocycles. The maximum Gasteiger partial charge on any atom is 0.162 e. The van der Waals surface area contributed by atoms with E-state index in [4.69, 9.17) is 14.6 Å². The molecule has 5 rings (SSSR count). The van der Waals surface area contributed by atoms with Crippen molar-refractivity contribution in [1.29, 1.82) is 0 Å². The van der Waals surface area contributed by atoms with Crippen molar-refractivity contribution in [2.75, 3.05) is 26.3 Å². The molecule has 0 N–H and O–H groups in total. The van der Waals surface area contributed by atoms with E-state index in [0.29, 0.717) is 19.1 Å². The number of hydrogen-bond donors (Lipinski definition) is 0. The minimum Gasteiger partial charge on any atom is -0.486 e. The van der Waals surface area contributed by atoms with Crippen molar-refractivity contribution in [1.82, 2.24) is 29.4 Å². The summed E-state index contributed by atoms with van der Waals surface area (Å²) in [7, 11) is 4.00. The Kier molecular flexibility index (Phi) is 4.71. The van der Waals surface area contributed by atoms with E-state index in [-0.39, 0.29) is 0 Å². The molecule has 0 bridgehead atoms. The van der Waals surface area contributed by atoms with E-state index in [0.717, 1.165) is 61.1 Å². The van der Waals surface area contributed by atoms with Gasteiger partial charge < -0.3 is 14.0 Å². The lowest BCUT2D eigenvalue weighted by Crippen LogP contribution is -2.34. The van der Waals surface area contributed by atoms with Crippen LogP contribution in [0.15, 0.2) is 30.7 Å². The van der Waals surface area contributed by atoms with E-state index < -0.39 is 0 Å². The average molecular weight is 394 g/mol. The number of fused-ring (bicyclic) bond motifs is 1. The Morgan fingerprint density at radius 1 is 1.14 bits per heavy atom. The third kappa shape index (κ3) is 3.60. The third-order valence-electron chi connectivity index (χ3n) is 5.73. The maximum absolute atomic E-state index is 5.76. The third-order valence-corrected chi connectivity index (χ3v) is 5.73. The van der Waals surface area contributed by atoms with Crippen molar-refractivity contribution in [2.24, 2.45) is 14.1 Å². The van der Waals surface area contributed by atoms with Crippen molar-refractivity contribution in [2.45, 2.75) is 25.3 Å². The van der Waals surface area contributed by atoms with Gasteiger partial charge in [-0.25, -0.2) is 0 Å². The van der Waals surface area contributed by atoms with Crippen molar-refractivity contribution in [3.05, 3.63) is 42.1 Å². The van der Waals surface area contributed by atoms with Gasteiger partial charge in [-0.05, 0) is 37.6 Å². The summed E-state index contributed by atoms with van der Waals surface area (Å²) in [4.78, 5) is 2.50. The van der Waals surface area contributed by atoms with Crippen LogP contribution in [0.3, 0.4) is 0 Å². The van der Waals surface area contributed by atoms with Gasteiger partial charge in [0.15, 0.2) is 11.5 Å². The fourth-order valence-electron chi connectivity index (χ4n) is 4.40. The predicted octanol–water partition coefficient (Wildman–Crippen LogP) is 2.37. The number of aryl methyl sites for hydroxylation is 2. The second-order valence-corrected chi connectivity index (χ2v) is 7.91. The lowest BCUT2D eigenvalue weighted by atomic mass is 9.96. The monoisotopic (exact) mass is 394 g/mol. The summed E-state index contributed by atoms with van der Waals surface area (Å²) >= 11 is 0. The van der Waals surface area contributed by atoms with Gasteiger partial charge in [0, 0.05) is 50.4 Å². The zero-order valence-corrected chi connectivity index (χ0v) is 16.9. The van der Waals surface area contributed by atoms with Gasteiger partial charge in [0.05, 0.1) is 5.69 Å². The highest BCUT2D eigenvalue weighted by atomic mass is 16.6. The van der Waals surface area contributed by atoms with Crippen molar-refractivity contribution in [3.8, 4) is 22.8 Å². The Morgan fingerprint density at radius 2 is 2.00 bits per heavy atom. The topological polar surface area (TPSA) is 70.2 Å². The molecule has 2 aliphatic rings. The molecule has 8 heteroatoms. The fraction of sp³-hybridized carbons (Fsp3) is 0.476. The number of benzene rings is 1. The molecular weight excluding hydrogens is 368 g/mol. The molecule has 0 radical (unpaired) electrons. The first kappa shape index (κ1) is 18.2. The largest absolute Gasteiger partial charge is 0.486 e. The number of nitrogens with zero attached hydrogens (tertiary/aromatic N) is 6. The van der Waals surface area contributed by atoms with Gasteiger partial charge in [0.1, 0.15) is 25.4 Å². The van der Waals surface area contributed by atoms with Crippen molar-refractivity contribution < 1.29 is 9.47 Å². The van der Waals surface area contributed by atoms with Gasteiger partial charge in [0.2, 0.25) is 0 Å². The first-order chi connectivity index (χ1) is 14.2. The van der Waals surface area contributed by atoms with Gasteiger partial charge >= 0.3 is 0 Å². The summed E-state index contributed by atoms with van der Waals surface area (Å²) in [6, 6.07) is 6.09. The van der Waals surface area contributed by atoms with Gasteiger partial charge in [-0.1, -0.05) is 0 Å². The number of ether oxygens (including phenoxy) is 2. The number of piperidine rings is 1. The van der Waals surface area contributed by atoms with Crippen LogP contribution in [-0.4, -0.2) is 55.7 Å². The second-order valence-electron chi connectivity index (χ2n) is 7.91. The van der Waals surface area contributed by atoms with E-state index in [1.165, 1.54) is 5.56 Å². The van der Waals surface area contributed by atoms with E-state index in [9.17, 15) is 0 Å². The molecule has 8 nitrogen and oxygen atoms in total. The molecule has 1 aromatic carbocycles. The summed E-state index contributed by atoms with van der Waals surface area (Å²) < 4.78 is 15.4. The SMILES string of the molecule is Cn1cc(CN2CCC[C@@H](c3nncn3C)C2)c(-c2ccc3c(c2)OCCO3)n1. The molecular formula is C21H26N6O2. The molecule has 2 aliphatic heterocycles. The van der Waals surface area contributed by atoms with E-state index in [1.54, 1.807) is 6.33 Å². The molecule has 1 atom stereocenters. The molecule has 1 saturated heterocycles. The van der Waals surface area contributed by atoms with Crippen LogP contribution < -0.4 is 9.47 Å². The molecule has 1 fully saturated rings. The van der Waals surface area contributed by atoms with E-state index in [1.807, 2.05) is 35.5 Å². The number of hydrogen-bond acceptors (Lipinski definition) is 6. The van der Waals surface area contributed by atoms with Crippen LogP contribution in [0, 0.1) is 0 Å². The van der Waals surface area contributed by atoms with Gasteiger partial charge in [-0.15, -0.1) is 10.2 Å². The summed E-state index contributed by atoms with van der Waals surface area (Å²) in [5.74, 6) is 3.10. The predicted molar refractivity (Wildman–Crippen MR) is 108 cm³/mol. The highest BCUT2D eigenvalue weighted by Crippen LogP contribution is 2.35. The van der Waals surface area contributed by atoms with Crippen LogP contribution in [-0.2, 0) is 20.6 Å².